The molecule has 0 aliphatic heterocycles. The lowest BCUT2D eigenvalue weighted by molar-refractivity contribution is 0.111. The highest BCUT2D eigenvalue weighted by Gasteiger charge is 2.10. The highest BCUT2D eigenvalue weighted by Crippen LogP contribution is 2.31. The minimum Gasteiger partial charge on any atom is -0.504 e. The molecule has 3 aromatic rings. The second kappa shape index (κ2) is 4.20. The average Bonchev–Trinajstić information content (AvgIpc) is 2.84. The van der Waals surface area contributed by atoms with Gasteiger partial charge in [0.2, 0.25) is 0 Å². The summed E-state index contributed by atoms with van der Waals surface area (Å²) in [7, 11) is 0. The fraction of sp³-hybridized carbons (Fsp3) is 0. The molecular formula is C14H9FN2O2. The van der Waals surface area contributed by atoms with Crippen LogP contribution in [0.1, 0.15) is 10.5 Å². The number of aromatic nitrogens is 2. The average molecular weight is 256 g/mol. The molecule has 4 nitrogen and oxygen atoms in total. The number of carbonyl (C=O) groups excluding carboxylic acids is 1. The number of aromatic hydroxyl groups is 1. The maximum absolute atomic E-state index is 13.3. The number of hydrogen-bond acceptors (Lipinski definition) is 3. The summed E-state index contributed by atoms with van der Waals surface area (Å²) in [6.07, 6.45) is 3.79. The van der Waals surface area contributed by atoms with Crippen molar-refractivity contribution in [3.05, 3.63) is 54.2 Å². The molecule has 19 heavy (non-hydrogen) atoms. The van der Waals surface area contributed by atoms with E-state index in [1.807, 2.05) is 0 Å². The van der Waals surface area contributed by atoms with Gasteiger partial charge in [-0.05, 0) is 18.2 Å². The molecule has 3 rings (SSSR count). The first kappa shape index (κ1) is 11.4. The van der Waals surface area contributed by atoms with Crippen LogP contribution < -0.4 is 0 Å². The SMILES string of the molecule is O=Cc1cnc2ccc(-c3cccc(F)c3O)cn12. The molecule has 2 heterocycles. The molecule has 0 aliphatic rings. The molecule has 0 spiro atoms. The molecule has 1 aromatic carbocycles. The van der Waals surface area contributed by atoms with Crippen molar-refractivity contribution >= 4 is 11.9 Å². The Morgan fingerprint density at radius 1 is 1.26 bits per heavy atom. The molecule has 2 aromatic heterocycles. The first-order valence-electron chi connectivity index (χ1n) is 5.61. The van der Waals surface area contributed by atoms with Crippen LogP contribution in [0.15, 0.2) is 42.7 Å². The van der Waals surface area contributed by atoms with E-state index < -0.39 is 11.6 Å². The molecule has 0 bridgehead atoms. The number of pyridine rings is 1. The molecule has 0 unspecified atom stereocenters. The summed E-state index contributed by atoms with van der Waals surface area (Å²) in [5, 5.41) is 9.73. The van der Waals surface area contributed by atoms with Crippen molar-refractivity contribution in [3.8, 4) is 16.9 Å². The van der Waals surface area contributed by atoms with Crippen LogP contribution in [0.3, 0.4) is 0 Å². The highest BCUT2D eigenvalue weighted by molar-refractivity contribution is 5.76. The summed E-state index contributed by atoms with van der Waals surface area (Å²) >= 11 is 0. The largest absolute Gasteiger partial charge is 0.504 e. The zero-order valence-electron chi connectivity index (χ0n) is 9.75. The summed E-state index contributed by atoms with van der Waals surface area (Å²) in [5.41, 5.74) is 1.98. The fourth-order valence-electron chi connectivity index (χ4n) is 1.99. The molecule has 0 amide bonds. The first-order chi connectivity index (χ1) is 9.20. The number of phenols is 1. The lowest BCUT2D eigenvalue weighted by atomic mass is 10.1. The van der Waals surface area contributed by atoms with E-state index in [9.17, 15) is 14.3 Å². The van der Waals surface area contributed by atoms with Crippen LogP contribution in [-0.4, -0.2) is 20.8 Å². The van der Waals surface area contributed by atoms with Crippen LogP contribution in [0, 0.1) is 5.82 Å². The highest BCUT2D eigenvalue weighted by atomic mass is 19.1. The van der Waals surface area contributed by atoms with E-state index >= 15 is 0 Å². The van der Waals surface area contributed by atoms with Gasteiger partial charge in [-0.25, -0.2) is 9.37 Å². The number of carbonyl (C=O) groups is 1. The Bertz CT molecular complexity index is 780. The predicted molar refractivity (Wildman–Crippen MR) is 67.6 cm³/mol. The molecule has 94 valence electrons. The normalized spacial score (nSPS) is 10.8. The topological polar surface area (TPSA) is 54.6 Å². The summed E-state index contributed by atoms with van der Waals surface area (Å²) in [6, 6.07) is 7.73. The Labute approximate surface area is 107 Å². The van der Waals surface area contributed by atoms with Crippen LogP contribution in [-0.2, 0) is 0 Å². The van der Waals surface area contributed by atoms with E-state index in [-0.39, 0.29) is 0 Å². The summed E-state index contributed by atoms with van der Waals surface area (Å²) in [5.74, 6) is -1.09. The van der Waals surface area contributed by atoms with Gasteiger partial charge in [-0.3, -0.25) is 9.20 Å². The van der Waals surface area contributed by atoms with Crippen molar-refractivity contribution in [2.75, 3.05) is 0 Å². The number of halogens is 1. The van der Waals surface area contributed by atoms with Crippen molar-refractivity contribution in [2.45, 2.75) is 0 Å². The maximum Gasteiger partial charge on any atom is 0.168 e. The molecule has 0 fully saturated rings. The molecule has 5 heteroatoms. The third-order valence-electron chi connectivity index (χ3n) is 2.95. The molecule has 1 N–H and O–H groups in total. The van der Waals surface area contributed by atoms with Gasteiger partial charge in [-0.1, -0.05) is 12.1 Å². The van der Waals surface area contributed by atoms with Crippen molar-refractivity contribution in [2.24, 2.45) is 0 Å². The van der Waals surface area contributed by atoms with E-state index in [4.69, 9.17) is 0 Å². The Morgan fingerprint density at radius 2 is 2.11 bits per heavy atom. The van der Waals surface area contributed by atoms with E-state index in [0.29, 0.717) is 28.8 Å². The maximum atomic E-state index is 13.3. The Kier molecular flexibility index (Phi) is 2.52. The number of benzene rings is 1. The summed E-state index contributed by atoms with van der Waals surface area (Å²) in [6.45, 7) is 0. The first-order valence-corrected chi connectivity index (χ1v) is 5.61. The van der Waals surface area contributed by atoms with Gasteiger partial charge in [-0.15, -0.1) is 0 Å². The fourth-order valence-corrected chi connectivity index (χ4v) is 1.99. The lowest BCUT2D eigenvalue weighted by Gasteiger charge is -2.06. The summed E-state index contributed by atoms with van der Waals surface area (Å²) < 4.78 is 14.9. The van der Waals surface area contributed by atoms with Crippen molar-refractivity contribution < 1.29 is 14.3 Å². The molecule has 0 saturated heterocycles. The van der Waals surface area contributed by atoms with Gasteiger partial charge in [0.05, 0.1) is 6.20 Å². The third-order valence-corrected chi connectivity index (χ3v) is 2.95. The number of aldehydes is 1. The Morgan fingerprint density at radius 3 is 2.89 bits per heavy atom. The molecule has 0 aliphatic carbocycles. The van der Waals surface area contributed by atoms with Crippen molar-refractivity contribution in [1.82, 2.24) is 9.38 Å². The van der Waals surface area contributed by atoms with Gasteiger partial charge in [0.1, 0.15) is 11.3 Å². The third kappa shape index (κ3) is 1.76. The number of rotatable bonds is 2. The number of para-hydroxylation sites is 1. The molecule has 0 atom stereocenters. The molecule has 0 saturated carbocycles. The van der Waals surface area contributed by atoms with Gasteiger partial charge in [-0.2, -0.15) is 0 Å². The standard InChI is InChI=1S/C14H9FN2O2/c15-12-3-1-2-11(14(12)19)9-4-5-13-16-6-10(8-18)17(13)7-9/h1-8,19H. The van der Waals surface area contributed by atoms with Gasteiger partial charge in [0, 0.05) is 17.3 Å². The Hall–Kier alpha value is -2.69. The molecular weight excluding hydrogens is 247 g/mol. The smallest absolute Gasteiger partial charge is 0.168 e. The van der Waals surface area contributed by atoms with Gasteiger partial charge < -0.3 is 5.11 Å². The van der Waals surface area contributed by atoms with Gasteiger partial charge in [0.15, 0.2) is 17.9 Å². The van der Waals surface area contributed by atoms with Crippen LogP contribution in [0.4, 0.5) is 4.39 Å². The van der Waals surface area contributed by atoms with Crippen LogP contribution in [0.5, 0.6) is 5.75 Å². The van der Waals surface area contributed by atoms with E-state index in [0.717, 1.165) is 0 Å². The predicted octanol–water partition coefficient (Wildman–Crippen LogP) is 2.66. The zero-order valence-corrected chi connectivity index (χ0v) is 9.75. The van der Waals surface area contributed by atoms with Crippen LogP contribution in [0.2, 0.25) is 0 Å². The lowest BCUT2D eigenvalue weighted by Crippen LogP contribution is -1.92. The van der Waals surface area contributed by atoms with Gasteiger partial charge >= 0.3 is 0 Å². The zero-order chi connectivity index (χ0) is 13.4. The summed E-state index contributed by atoms with van der Waals surface area (Å²) in [4.78, 5) is 14.9. The van der Waals surface area contributed by atoms with Gasteiger partial charge in [0.25, 0.3) is 0 Å². The second-order valence-electron chi connectivity index (χ2n) is 4.08. The number of hydrogen-bond donors (Lipinski definition) is 1. The monoisotopic (exact) mass is 256 g/mol. The van der Waals surface area contributed by atoms with Crippen LogP contribution in [0.25, 0.3) is 16.8 Å². The number of nitrogens with zero attached hydrogens (tertiary/aromatic N) is 2. The minimum atomic E-state index is -0.682. The van der Waals surface area contributed by atoms with Crippen LogP contribution >= 0.6 is 0 Å². The Balaban J connectivity index is 2.25. The number of imidazole rings is 1. The second-order valence-corrected chi connectivity index (χ2v) is 4.08. The van der Waals surface area contributed by atoms with E-state index in [1.165, 1.54) is 18.3 Å². The minimum absolute atomic E-state index is 0.368. The van der Waals surface area contributed by atoms with Crippen molar-refractivity contribution in [3.63, 3.8) is 0 Å². The quantitative estimate of drug-likeness (QED) is 0.717. The number of phenolic OH excluding ortho intramolecular Hbond substituents is 1. The number of fused-ring (bicyclic) bond motifs is 1. The molecule has 0 radical (unpaired) electrons. The van der Waals surface area contributed by atoms with Crippen molar-refractivity contribution in [1.29, 1.82) is 0 Å². The van der Waals surface area contributed by atoms with E-state index in [1.54, 1.807) is 28.8 Å². The van der Waals surface area contributed by atoms with E-state index in [2.05, 4.69) is 4.98 Å².